The molecule has 0 fully saturated rings. The maximum atomic E-state index is 12.5. The van der Waals surface area contributed by atoms with Crippen LogP contribution in [0.3, 0.4) is 0 Å². The van der Waals surface area contributed by atoms with Gasteiger partial charge in [0.2, 0.25) is 25.3 Å². The van der Waals surface area contributed by atoms with Crippen LogP contribution in [-0.2, 0) is 29.6 Å². The molecule has 0 aromatic heterocycles. The second kappa shape index (κ2) is 14.8. The van der Waals surface area contributed by atoms with Crippen molar-refractivity contribution in [3.05, 3.63) is 46.5 Å². The average Bonchev–Trinajstić information content (AvgIpc) is 2.84. The second-order valence-electron chi connectivity index (χ2n) is 9.08. The van der Waals surface area contributed by atoms with Crippen LogP contribution in [0.4, 0.5) is 0 Å². The maximum Gasteiger partial charge on any atom is 0.304 e. The Morgan fingerprint density at radius 2 is 1.02 bits per heavy atom. The average molecular weight is 621 g/mol. The molecule has 2 aromatic carbocycles. The van der Waals surface area contributed by atoms with Gasteiger partial charge < -0.3 is 14.6 Å². The number of aryl methyl sites for hydroxylation is 4. The molecule has 224 valence electrons. The van der Waals surface area contributed by atoms with Gasteiger partial charge in [0.15, 0.2) is 0 Å². The number of halogens is 1. The first kappa shape index (κ1) is 35.3. The van der Waals surface area contributed by atoms with Crippen molar-refractivity contribution in [2.45, 2.75) is 50.3 Å². The Labute approximate surface area is 241 Å². The van der Waals surface area contributed by atoms with Crippen molar-refractivity contribution in [3.8, 4) is 11.5 Å². The number of carboxylic acid groups (broad SMARTS) is 1. The van der Waals surface area contributed by atoms with Crippen molar-refractivity contribution in [1.82, 2.24) is 8.61 Å². The molecule has 2 aromatic rings. The monoisotopic (exact) mass is 620 g/mol. The number of carbonyl (C=O) groups excluding carboxylic acids is 1. The molecule has 40 heavy (non-hydrogen) atoms. The van der Waals surface area contributed by atoms with Gasteiger partial charge in [0.25, 0.3) is 0 Å². The van der Waals surface area contributed by atoms with E-state index in [0.29, 0.717) is 33.8 Å². The topological polar surface area (TPSA) is 148 Å². The van der Waals surface area contributed by atoms with Gasteiger partial charge in [0.1, 0.15) is 11.5 Å². The van der Waals surface area contributed by atoms with E-state index < -0.39 is 31.3 Å². The first-order valence-corrected chi connectivity index (χ1v) is 15.3. The zero-order valence-electron chi connectivity index (χ0n) is 23.9. The van der Waals surface area contributed by atoms with Crippen LogP contribution in [0.2, 0.25) is 0 Å². The van der Waals surface area contributed by atoms with E-state index in [-0.39, 0.29) is 35.7 Å². The van der Waals surface area contributed by atoms with Crippen LogP contribution in [0, 0.1) is 27.7 Å². The molecule has 0 heterocycles. The zero-order valence-corrected chi connectivity index (χ0v) is 26.3. The van der Waals surface area contributed by atoms with Gasteiger partial charge in [-0.2, -0.15) is 0 Å². The largest absolute Gasteiger partial charge is 0.497 e. The second-order valence-corrected chi connectivity index (χ2v) is 13.5. The zero-order chi connectivity index (χ0) is 31.0. The van der Waals surface area contributed by atoms with Gasteiger partial charge in [-0.1, -0.05) is 0 Å². The number of nitrogens with zero attached hydrogens (tertiary/aromatic N) is 2. The highest BCUT2D eigenvalue weighted by Gasteiger charge is 2.27. The summed E-state index contributed by atoms with van der Waals surface area (Å²) in [4.78, 5) is 21.7. The summed E-state index contributed by atoms with van der Waals surface area (Å²) < 4.78 is 62.4. The summed E-state index contributed by atoms with van der Waals surface area (Å²) >= 11 is 5.24. The van der Waals surface area contributed by atoms with Crippen molar-refractivity contribution >= 4 is 42.9 Å². The summed E-state index contributed by atoms with van der Waals surface area (Å²) in [7, 11) is -1.51. The molecule has 0 atom stereocenters. The molecule has 0 aliphatic heterocycles. The SMILES string of the molecule is COc1cc(C)c(S(=O)(=O)N(C)CCC(=O)Cl)c(C)c1.COc1cc(C)c(S(=O)(=O)N(C)CCC(=O)O)c(C)c1. The summed E-state index contributed by atoms with van der Waals surface area (Å²) in [5.41, 5.74) is 2.35. The van der Waals surface area contributed by atoms with E-state index in [4.69, 9.17) is 26.2 Å². The molecular formula is C26H37ClN2O9S2. The lowest BCUT2D eigenvalue weighted by atomic mass is 10.1. The Bertz CT molecular complexity index is 1290. The molecule has 0 bridgehead atoms. The fourth-order valence-electron chi connectivity index (χ4n) is 3.92. The summed E-state index contributed by atoms with van der Waals surface area (Å²) in [6, 6.07) is 6.62. The highest BCUT2D eigenvalue weighted by Crippen LogP contribution is 2.29. The molecule has 0 aliphatic rings. The Kier molecular flexibility index (Phi) is 13.1. The Morgan fingerprint density at radius 3 is 1.27 bits per heavy atom. The smallest absolute Gasteiger partial charge is 0.304 e. The third kappa shape index (κ3) is 9.16. The standard InChI is InChI=1S/C13H18ClNO4S.C13H19NO5S/c1-9-7-11(19-4)8-10(2)13(9)20(17,18)15(3)6-5-12(14)16;1-9-7-11(19-4)8-10(2)13(9)20(17,18)14(3)6-5-12(15)16/h7-8H,5-6H2,1-4H3;7-8H,5-6H2,1-4H3,(H,15,16). The third-order valence-corrected chi connectivity index (χ3v) is 10.5. The first-order valence-electron chi connectivity index (χ1n) is 12.0. The van der Waals surface area contributed by atoms with Crippen LogP contribution in [0.25, 0.3) is 0 Å². The molecule has 0 amide bonds. The van der Waals surface area contributed by atoms with Gasteiger partial charge in [-0.15, -0.1) is 0 Å². The molecule has 0 spiro atoms. The number of hydrogen-bond donors (Lipinski definition) is 1. The van der Waals surface area contributed by atoms with Crippen LogP contribution in [-0.4, -0.2) is 83.2 Å². The number of sulfonamides is 2. The number of methoxy groups -OCH3 is 2. The number of aliphatic carboxylic acids is 1. The van der Waals surface area contributed by atoms with Gasteiger partial charge in [0.05, 0.1) is 30.4 Å². The van der Waals surface area contributed by atoms with Crippen molar-refractivity contribution in [2.75, 3.05) is 41.4 Å². The van der Waals surface area contributed by atoms with Gasteiger partial charge in [0, 0.05) is 33.6 Å². The van der Waals surface area contributed by atoms with Crippen LogP contribution in [0.1, 0.15) is 35.1 Å². The molecule has 0 radical (unpaired) electrons. The predicted molar refractivity (Wildman–Crippen MR) is 152 cm³/mol. The van der Waals surface area contributed by atoms with Gasteiger partial charge in [-0.05, 0) is 85.8 Å². The number of rotatable bonds is 12. The fraction of sp³-hybridized carbons (Fsp3) is 0.462. The summed E-state index contributed by atoms with van der Waals surface area (Å²) in [6.45, 7) is 6.78. The van der Waals surface area contributed by atoms with Crippen LogP contribution >= 0.6 is 11.6 Å². The van der Waals surface area contributed by atoms with Crippen molar-refractivity contribution in [2.24, 2.45) is 0 Å². The third-order valence-electron chi connectivity index (χ3n) is 5.94. The molecule has 2 rings (SSSR count). The Balaban J connectivity index is 0.000000400. The summed E-state index contributed by atoms with van der Waals surface area (Å²) in [5, 5.41) is 8.08. The molecule has 0 aliphatic carbocycles. The summed E-state index contributed by atoms with van der Waals surface area (Å²) in [6.07, 6.45) is -0.254. The lowest BCUT2D eigenvalue weighted by Gasteiger charge is -2.20. The van der Waals surface area contributed by atoms with E-state index >= 15 is 0 Å². The highest BCUT2D eigenvalue weighted by atomic mass is 35.5. The minimum atomic E-state index is -3.71. The number of hydrogen-bond acceptors (Lipinski definition) is 8. The predicted octanol–water partition coefficient (Wildman–Crippen LogP) is 3.50. The van der Waals surface area contributed by atoms with Gasteiger partial charge in [-0.25, -0.2) is 25.4 Å². The van der Waals surface area contributed by atoms with Crippen molar-refractivity contribution in [3.63, 3.8) is 0 Å². The number of ether oxygens (including phenoxy) is 2. The molecule has 1 N–H and O–H groups in total. The number of carbonyl (C=O) groups is 2. The summed E-state index contributed by atoms with van der Waals surface area (Å²) in [5.74, 6) is 0.167. The quantitative estimate of drug-likeness (QED) is 0.352. The van der Waals surface area contributed by atoms with Gasteiger partial charge >= 0.3 is 5.97 Å². The van der Waals surface area contributed by atoms with Crippen LogP contribution in [0.15, 0.2) is 34.1 Å². The van der Waals surface area contributed by atoms with E-state index in [1.807, 2.05) is 0 Å². The van der Waals surface area contributed by atoms with E-state index in [1.165, 1.54) is 28.3 Å². The normalized spacial score (nSPS) is 11.7. The van der Waals surface area contributed by atoms with Crippen molar-refractivity contribution in [1.29, 1.82) is 0 Å². The maximum absolute atomic E-state index is 12.5. The molecule has 14 heteroatoms. The Hall–Kier alpha value is -2.71. The minimum Gasteiger partial charge on any atom is -0.497 e. The highest BCUT2D eigenvalue weighted by molar-refractivity contribution is 7.89. The number of carboxylic acids is 1. The molecule has 0 saturated heterocycles. The van der Waals surface area contributed by atoms with E-state index in [1.54, 1.807) is 52.0 Å². The van der Waals surface area contributed by atoms with E-state index in [2.05, 4.69) is 0 Å². The number of benzene rings is 2. The van der Waals surface area contributed by atoms with Gasteiger partial charge in [-0.3, -0.25) is 9.59 Å². The van der Waals surface area contributed by atoms with Crippen molar-refractivity contribution < 1.29 is 41.0 Å². The molecular weight excluding hydrogens is 584 g/mol. The lowest BCUT2D eigenvalue weighted by Crippen LogP contribution is -2.30. The fourth-order valence-corrected chi connectivity index (χ4v) is 7.16. The molecule has 11 nitrogen and oxygen atoms in total. The Morgan fingerprint density at radius 1 is 0.725 bits per heavy atom. The van der Waals surface area contributed by atoms with Crippen LogP contribution in [0.5, 0.6) is 11.5 Å². The van der Waals surface area contributed by atoms with E-state index in [0.717, 1.165) is 8.61 Å². The first-order chi connectivity index (χ1) is 18.4. The molecule has 0 saturated carbocycles. The lowest BCUT2D eigenvalue weighted by molar-refractivity contribution is -0.137. The minimum absolute atomic E-state index is 0.0223. The van der Waals surface area contributed by atoms with Crippen LogP contribution < -0.4 is 9.47 Å². The van der Waals surface area contributed by atoms with E-state index in [9.17, 15) is 26.4 Å². The molecule has 0 unspecified atom stereocenters.